The van der Waals surface area contributed by atoms with Crippen LogP contribution in [0.2, 0.25) is 0 Å². The Hall–Kier alpha value is -1.39. The maximum absolute atomic E-state index is 12.7. The van der Waals surface area contributed by atoms with E-state index < -0.39 is 0 Å². The maximum atomic E-state index is 12.7. The summed E-state index contributed by atoms with van der Waals surface area (Å²) in [6.45, 7) is 9.72. The van der Waals surface area contributed by atoms with Gasteiger partial charge in [0.05, 0.1) is 18.6 Å². The summed E-state index contributed by atoms with van der Waals surface area (Å²) in [5, 5.41) is 3.17. The Morgan fingerprint density at radius 2 is 1.83 bits per heavy atom. The molecule has 0 unspecified atom stereocenters. The number of ether oxygens (including phenoxy) is 1. The van der Waals surface area contributed by atoms with Crippen molar-refractivity contribution < 1.29 is 9.53 Å². The molecule has 1 amide bonds. The summed E-state index contributed by atoms with van der Waals surface area (Å²) in [6.07, 6.45) is 2.96. The zero-order valence-corrected chi connectivity index (χ0v) is 14.4. The zero-order valence-electron chi connectivity index (χ0n) is 14.4. The number of nitrogens with zero attached hydrogens (tertiary/aromatic N) is 1. The molecule has 4 heteroatoms. The summed E-state index contributed by atoms with van der Waals surface area (Å²) < 4.78 is 5.35. The highest BCUT2D eigenvalue weighted by atomic mass is 16.5. The van der Waals surface area contributed by atoms with Gasteiger partial charge in [-0.05, 0) is 45.2 Å². The first-order chi connectivity index (χ1) is 11.1. The molecule has 0 atom stereocenters. The van der Waals surface area contributed by atoms with Crippen molar-refractivity contribution >= 4 is 5.91 Å². The van der Waals surface area contributed by atoms with E-state index >= 15 is 0 Å². The van der Waals surface area contributed by atoms with E-state index in [0.29, 0.717) is 0 Å². The molecule has 23 heavy (non-hydrogen) atoms. The average molecular weight is 316 g/mol. The van der Waals surface area contributed by atoms with E-state index in [1.165, 1.54) is 16.7 Å². The third-order valence-corrected chi connectivity index (χ3v) is 5.00. The van der Waals surface area contributed by atoms with Gasteiger partial charge in [-0.3, -0.25) is 9.69 Å². The molecule has 1 aromatic rings. The van der Waals surface area contributed by atoms with Gasteiger partial charge in [0, 0.05) is 19.6 Å². The number of carbonyl (C=O) groups is 1. The van der Waals surface area contributed by atoms with E-state index in [0.717, 1.165) is 58.7 Å². The number of nitrogens with one attached hydrogen (secondary N) is 1. The van der Waals surface area contributed by atoms with Gasteiger partial charge in [-0.1, -0.05) is 29.3 Å². The number of aryl methyl sites for hydroxylation is 2. The molecule has 0 radical (unpaired) electrons. The molecule has 1 aliphatic carbocycles. The van der Waals surface area contributed by atoms with Crippen molar-refractivity contribution in [3.8, 4) is 0 Å². The molecule has 1 aliphatic heterocycles. The fourth-order valence-electron chi connectivity index (χ4n) is 3.52. The molecular formula is C19H28N2O2. The van der Waals surface area contributed by atoms with E-state index in [4.69, 9.17) is 4.74 Å². The molecule has 126 valence electrons. The van der Waals surface area contributed by atoms with E-state index in [-0.39, 0.29) is 11.3 Å². The van der Waals surface area contributed by atoms with Crippen LogP contribution in [0.1, 0.15) is 36.0 Å². The predicted molar refractivity (Wildman–Crippen MR) is 91.7 cm³/mol. The van der Waals surface area contributed by atoms with Gasteiger partial charge in [-0.15, -0.1) is 0 Å². The summed E-state index contributed by atoms with van der Waals surface area (Å²) in [5.41, 5.74) is 3.42. The van der Waals surface area contributed by atoms with Crippen LogP contribution in [0.25, 0.3) is 0 Å². The molecule has 2 fully saturated rings. The van der Waals surface area contributed by atoms with Crippen molar-refractivity contribution in [2.24, 2.45) is 0 Å². The van der Waals surface area contributed by atoms with Crippen molar-refractivity contribution in [1.82, 2.24) is 10.2 Å². The third kappa shape index (κ3) is 3.93. The Bertz CT molecular complexity index is 540. The van der Waals surface area contributed by atoms with Crippen LogP contribution in [-0.2, 0) is 14.9 Å². The standard InChI is InChI=1S/C19H28N2O2/c1-15-12-16(2)14-17(13-15)19(4-5-19)18(22)20-6-3-7-21-8-10-23-11-9-21/h12-14H,3-11H2,1-2H3,(H,20,22). The van der Waals surface area contributed by atoms with Crippen LogP contribution in [0.3, 0.4) is 0 Å². The van der Waals surface area contributed by atoms with Crippen molar-refractivity contribution in [2.45, 2.75) is 38.5 Å². The van der Waals surface area contributed by atoms with Crippen LogP contribution in [-0.4, -0.2) is 50.2 Å². The summed E-state index contributed by atoms with van der Waals surface area (Å²) in [5.74, 6) is 0.212. The second-order valence-electron chi connectivity index (χ2n) is 7.02. The van der Waals surface area contributed by atoms with E-state index in [1.807, 2.05) is 0 Å². The summed E-state index contributed by atoms with van der Waals surface area (Å²) in [4.78, 5) is 15.1. The first-order valence-corrected chi connectivity index (χ1v) is 8.77. The fraction of sp³-hybridized carbons (Fsp3) is 0.632. The van der Waals surface area contributed by atoms with Gasteiger partial charge < -0.3 is 10.1 Å². The predicted octanol–water partition coefficient (Wildman–Crippen LogP) is 2.17. The fourth-order valence-corrected chi connectivity index (χ4v) is 3.52. The highest BCUT2D eigenvalue weighted by Crippen LogP contribution is 2.48. The lowest BCUT2D eigenvalue weighted by Crippen LogP contribution is -2.39. The maximum Gasteiger partial charge on any atom is 0.230 e. The van der Waals surface area contributed by atoms with Gasteiger partial charge in [-0.25, -0.2) is 0 Å². The van der Waals surface area contributed by atoms with Gasteiger partial charge in [0.2, 0.25) is 5.91 Å². The molecule has 3 rings (SSSR count). The summed E-state index contributed by atoms with van der Waals surface area (Å²) in [7, 11) is 0. The molecule has 0 spiro atoms. The highest BCUT2D eigenvalue weighted by Gasteiger charge is 2.51. The normalized spacial score (nSPS) is 20.3. The Morgan fingerprint density at radius 3 is 2.43 bits per heavy atom. The average Bonchev–Trinajstić information content (AvgIpc) is 3.33. The Balaban J connectivity index is 1.49. The first kappa shape index (κ1) is 16.5. The summed E-state index contributed by atoms with van der Waals surface area (Å²) in [6, 6.07) is 6.51. The van der Waals surface area contributed by atoms with E-state index in [1.54, 1.807) is 0 Å². The third-order valence-electron chi connectivity index (χ3n) is 5.00. The number of benzene rings is 1. The minimum atomic E-state index is -0.254. The van der Waals surface area contributed by atoms with Gasteiger partial charge in [0.1, 0.15) is 0 Å². The molecule has 0 bridgehead atoms. The Kier molecular flexibility index (Phi) is 5.02. The van der Waals surface area contributed by atoms with Crippen LogP contribution < -0.4 is 5.32 Å². The number of hydrogen-bond acceptors (Lipinski definition) is 3. The molecule has 1 aromatic carbocycles. The Morgan fingerprint density at radius 1 is 1.17 bits per heavy atom. The number of amides is 1. The van der Waals surface area contributed by atoms with E-state index in [9.17, 15) is 4.79 Å². The number of hydrogen-bond donors (Lipinski definition) is 1. The second-order valence-corrected chi connectivity index (χ2v) is 7.02. The van der Waals surface area contributed by atoms with Gasteiger partial charge in [0.15, 0.2) is 0 Å². The quantitative estimate of drug-likeness (QED) is 0.818. The number of carbonyl (C=O) groups excluding carboxylic acids is 1. The van der Waals surface area contributed by atoms with Crippen molar-refractivity contribution in [1.29, 1.82) is 0 Å². The van der Waals surface area contributed by atoms with Crippen LogP contribution >= 0.6 is 0 Å². The van der Waals surface area contributed by atoms with Gasteiger partial charge in [0.25, 0.3) is 0 Å². The Labute approximate surface area is 139 Å². The minimum absolute atomic E-state index is 0.212. The second kappa shape index (κ2) is 7.02. The van der Waals surface area contributed by atoms with E-state index in [2.05, 4.69) is 42.3 Å². The van der Waals surface area contributed by atoms with Crippen molar-refractivity contribution in [3.63, 3.8) is 0 Å². The van der Waals surface area contributed by atoms with Crippen molar-refractivity contribution in [3.05, 3.63) is 34.9 Å². The number of rotatable bonds is 6. The van der Waals surface area contributed by atoms with Crippen LogP contribution in [0.15, 0.2) is 18.2 Å². The minimum Gasteiger partial charge on any atom is -0.379 e. The lowest BCUT2D eigenvalue weighted by molar-refractivity contribution is -0.123. The molecule has 0 aromatic heterocycles. The molecular weight excluding hydrogens is 288 g/mol. The highest BCUT2D eigenvalue weighted by molar-refractivity contribution is 5.91. The molecule has 1 saturated heterocycles. The SMILES string of the molecule is Cc1cc(C)cc(C2(C(=O)NCCCN3CCOCC3)CC2)c1. The first-order valence-electron chi connectivity index (χ1n) is 8.77. The van der Waals surface area contributed by atoms with Gasteiger partial charge in [-0.2, -0.15) is 0 Å². The monoisotopic (exact) mass is 316 g/mol. The molecule has 4 nitrogen and oxygen atoms in total. The lowest BCUT2D eigenvalue weighted by Gasteiger charge is -2.26. The largest absolute Gasteiger partial charge is 0.379 e. The lowest BCUT2D eigenvalue weighted by atomic mass is 9.92. The molecule has 1 saturated carbocycles. The van der Waals surface area contributed by atoms with Crippen LogP contribution in [0.4, 0.5) is 0 Å². The van der Waals surface area contributed by atoms with Crippen LogP contribution in [0.5, 0.6) is 0 Å². The smallest absolute Gasteiger partial charge is 0.230 e. The van der Waals surface area contributed by atoms with Crippen molar-refractivity contribution in [2.75, 3.05) is 39.4 Å². The number of morpholine rings is 1. The topological polar surface area (TPSA) is 41.6 Å². The van der Waals surface area contributed by atoms with Gasteiger partial charge >= 0.3 is 0 Å². The zero-order chi connectivity index (χ0) is 16.3. The molecule has 1 heterocycles. The van der Waals surface area contributed by atoms with Crippen LogP contribution in [0, 0.1) is 13.8 Å². The molecule has 1 N–H and O–H groups in total. The summed E-state index contributed by atoms with van der Waals surface area (Å²) >= 11 is 0. The molecule has 2 aliphatic rings.